The van der Waals surface area contributed by atoms with Crippen LogP contribution in [0.15, 0.2) is 0 Å². The fourth-order valence-electron chi connectivity index (χ4n) is 9.21. The summed E-state index contributed by atoms with van der Waals surface area (Å²) >= 11 is 0. The van der Waals surface area contributed by atoms with Gasteiger partial charge in [0.1, 0.15) is 6.61 Å². The second-order valence-corrected chi connectivity index (χ2v) is 16.2. The topological polar surface area (TPSA) is 91.9 Å². The van der Waals surface area contributed by atoms with Crippen LogP contribution in [0, 0.1) is 17.8 Å². The van der Waals surface area contributed by atoms with E-state index in [1.165, 1.54) is 148 Å². The number of aliphatic hydroxyl groups is 1. The molecule has 0 radical (unpaired) electrons. The zero-order valence-electron chi connectivity index (χ0n) is 31.2. The molecule has 4 aliphatic rings. The van der Waals surface area contributed by atoms with Crippen LogP contribution in [0.3, 0.4) is 0 Å². The lowest BCUT2D eigenvalue weighted by atomic mass is 9.79. The van der Waals surface area contributed by atoms with Gasteiger partial charge in [0.05, 0.1) is 37.3 Å². The molecule has 0 aromatic carbocycles. The summed E-state index contributed by atoms with van der Waals surface area (Å²) in [4.78, 5) is 12.2. The minimum atomic E-state index is -0.390. The van der Waals surface area contributed by atoms with Crippen molar-refractivity contribution in [3.63, 3.8) is 0 Å². The molecule has 1 saturated heterocycles. The zero-order valence-corrected chi connectivity index (χ0v) is 31.2. The van der Waals surface area contributed by atoms with Crippen LogP contribution in [0.5, 0.6) is 0 Å². The zero-order chi connectivity index (χ0) is 33.7. The molecule has 48 heavy (non-hydrogen) atoms. The number of carbonyl (C=O) groups excluding carboxylic acids is 1. The maximum atomic E-state index is 12.2. The highest BCUT2D eigenvalue weighted by Crippen LogP contribution is 2.34. The van der Waals surface area contributed by atoms with Gasteiger partial charge in [-0.15, -0.1) is 0 Å². The third-order valence-corrected chi connectivity index (χ3v) is 12.3. The molecule has 0 spiro atoms. The van der Waals surface area contributed by atoms with E-state index in [0.29, 0.717) is 50.2 Å². The van der Waals surface area contributed by atoms with E-state index in [-0.39, 0.29) is 24.2 Å². The number of aliphatic hydroxyl groups excluding tert-OH is 1. The summed E-state index contributed by atoms with van der Waals surface area (Å²) in [6.45, 7) is 3.02. The van der Waals surface area contributed by atoms with E-state index in [9.17, 15) is 9.90 Å². The minimum Gasteiger partial charge on any atom is -0.463 e. The van der Waals surface area contributed by atoms with Crippen molar-refractivity contribution in [1.29, 1.82) is 0 Å². The Morgan fingerprint density at radius 2 is 1.06 bits per heavy atom. The lowest BCUT2D eigenvalue weighted by Gasteiger charge is -2.50. The van der Waals surface area contributed by atoms with E-state index < -0.39 is 6.10 Å². The first kappa shape index (κ1) is 40.0. The first-order valence-electron chi connectivity index (χ1n) is 21.4. The highest BCUT2D eigenvalue weighted by Gasteiger charge is 2.42. The van der Waals surface area contributed by atoms with Crippen molar-refractivity contribution >= 4 is 5.97 Å². The Labute approximate surface area is 295 Å². The molecule has 4 rings (SSSR count). The maximum Gasteiger partial charge on any atom is 0.305 e. The van der Waals surface area contributed by atoms with Gasteiger partial charge < -0.3 is 14.6 Å². The first-order valence-corrected chi connectivity index (χ1v) is 21.4. The average molecular weight is 676 g/mol. The number of hydrogen-bond donors (Lipinski definition) is 4. The van der Waals surface area contributed by atoms with Gasteiger partial charge in [-0.05, 0) is 63.2 Å². The van der Waals surface area contributed by atoms with E-state index in [4.69, 9.17) is 9.47 Å². The molecule has 0 aromatic heterocycles. The molecule has 4 N–H and O–H groups in total. The highest BCUT2D eigenvalue weighted by atomic mass is 16.6. The van der Waals surface area contributed by atoms with Crippen LogP contribution in [0.25, 0.3) is 0 Å². The van der Waals surface area contributed by atoms with Crippen molar-refractivity contribution in [2.45, 2.75) is 224 Å². The van der Waals surface area contributed by atoms with Crippen molar-refractivity contribution in [2.24, 2.45) is 17.8 Å². The number of esters is 1. The molecule has 0 bridgehead atoms. The summed E-state index contributed by atoms with van der Waals surface area (Å²) < 4.78 is 11.6. The Balaban J connectivity index is 1.01. The third kappa shape index (κ3) is 15.3. The first-order chi connectivity index (χ1) is 23.6. The summed E-state index contributed by atoms with van der Waals surface area (Å²) in [5.41, 5.74) is 0. The standard InChI is InChI=1S/C41H77N3O4/c1-2-3-4-5-6-7-8-9-10-11-12-13-14-15-22-27-38(46)48-31-30-47-35-28-29-36(37(45)32-35)41-43-39(33-23-18-16-19-24-33)42-40(44-41)34-25-20-17-21-26-34/h33-37,39-45H,2-32H2,1H3. The van der Waals surface area contributed by atoms with Gasteiger partial charge in [-0.1, -0.05) is 135 Å². The van der Waals surface area contributed by atoms with Crippen molar-refractivity contribution in [3.8, 4) is 0 Å². The van der Waals surface area contributed by atoms with Crippen molar-refractivity contribution in [3.05, 3.63) is 0 Å². The fraction of sp³-hybridized carbons (Fsp3) is 0.976. The van der Waals surface area contributed by atoms with Crippen molar-refractivity contribution in [2.75, 3.05) is 13.2 Å². The average Bonchev–Trinajstić information content (AvgIpc) is 3.12. The van der Waals surface area contributed by atoms with E-state index in [0.717, 1.165) is 25.7 Å². The van der Waals surface area contributed by atoms with Gasteiger partial charge in [0.25, 0.3) is 0 Å². The van der Waals surface area contributed by atoms with Gasteiger partial charge in [-0.25, -0.2) is 0 Å². The third-order valence-electron chi connectivity index (χ3n) is 12.3. The Hall–Kier alpha value is -0.730. The molecule has 5 atom stereocenters. The molecule has 7 nitrogen and oxygen atoms in total. The number of unbranched alkanes of at least 4 members (excludes halogenated alkanes) is 14. The van der Waals surface area contributed by atoms with Crippen LogP contribution < -0.4 is 16.0 Å². The molecule has 1 aliphatic heterocycles. The van der Waals surface area contributed by atoms with Crippen LogP contribution >= 0.6 is 0 Å². The number of rotatable bonds is 23. The van der Waals surface area contributed by atoms with E-state index >= 15 is 0 Å². The molecule has 0 amide bonds. The molecule has 1 heterocycles. The lowest BCUT2D eigenvalue weighted by Crippen LogP contribution is -2.73. The molecule has 3 saturated carbocycles. The van der Waals surface area contributed by atoms with E-state index in [2.05, 4.69) is 22.9 Å². The number of carbonyl (C=O) groups is 1. The largest absolute Gasteiger partial charge is 0.463 e. The van der Waals surface area contributed by atoms with Crippen LogP contribution in [0.1, 0.15) is 193 Å². The number of ether oxygens (including phenoxy) is 2. The van der Waals surface area contributed by atoms with Crippen LogP contribution in [-0.2, 0) is 14.3 Å². The van der Waals surface area contributed by atoms with Crippen molar-refractivity contribution < 1.29 is 19.4 Å². The summed E-state index contributed by atoms with van der Waals surface area (Å²) in [6, 6.07) is 0. The molecule has 4 fully saturated rings. The van der Waals surface area contributed by atoms with Crippen LogP contribution in [0.4, 0.5) is 0 Å². The van der Waals surface area contributed by atoms with Crippen LogP contribution in [-0.4, -0.2) is 55.0 Å². The van der Waals surface area contributed by atoms with Gasteiger partial charge in [0.15, 0.2) is 0 Å². The number of nitrogens with one attached hydrogen (secondary N) is 3. The van der Waals surface area contributed by atoms with Gasteiger partial charge in [-0.3, -0.25) is 20.7 Å². The Morgan fingerprint density at radius 1 is 0.583 bits per heavy atom. The molecule has 5 unspecified atom stereocenters. The van der Waals surface area contributed by atoms with Crippen molar-refractivity contribution in [1.82, 2.24) is 16.0 Å². The minimum absolute atomic E-state index is 0.0375. The van der Waals surface area contributed by atoms with Gasteiger partial charge >= 0.3 is 5.97 Å². The SMILES string of the molecule is CCCCCCCCCCCCCCCCCC(=O)OCCOC1CCC(C2NC(C3CCCCC3)NC(C3CCCCC3)N2)C(O)C1. The Bertz CT molecular complexity index is 792. The van der Waals surface area contributed by atoms with Gasteiger partial charge in [0.2, 0.25) is 0 Å². The van der Waals surface area contributed by atoms with Gasteiger partial charge in [0, 0.05) is 12.3 Å². The molecule has 3 aliphatic carbocycles. The van der Waals surface area contributed by atoms with E-state index in [1.807, 2.05) is 0 Å². The molecule has 7 heteroatoms. The highest BCUT2D eigenvalue weighted by molar-refractivity contribution is 5.69. The number of hydrogen-bond acceptors (Lipinski definition) is 7. The molecule has 0 aromatic rings. The summed E-state index contributed by atoms with van der Waals surface area (Å²) in [5.74, 6) is 1.47. The van der Waals surface area contributed by atoms with Crippen LogP contribution in [0.2, 0.25) is 0 Å². The summed E-state index contributed by atoms with van der Waals surface area (Å²) in [5, 5.41) is 23.2. The maximum absolute atomic E-state index is 12.2. The molecular weight excluding hydrogens is 598 g/mol. The second-order valence-electron chi connectivity index (χ2n) is 16.2. The predicted octanol–water partition coefficient (Wildman–Crippen LogP) is 9.26. The molecule has 280 valence electrons. The lowest BCUT2D eigenvalue weighted by molar-refractivity contribution is -0.147. The summed E-state index contributed by atoms with van der Waals surface area (Å²) in [7, 11) is 0. The smallest absolute Gasteiger partial charge is 0.305 e. The monoisotopic (exact) mass is 676 g/mol. The molecular formula is C41H77N3O4. The Morgan fingerprint density at radius 3 is 1.56 bits per heavy atom. The Kier molecular flexibility index (Phi) is 20.4. The summed E-state index contributed by atoms with van der Waals surface area (Å²) in [6.07, 6.45) is 36.8. The fourth-order valence-corrected chi connectivity index (χ4v) is 9.21. The van der Waals surface area contributed by atoms with E-state index in [1.54, 1.807) is 0 Å². The quantitative estimate of drug-likeness (QED) is 0.0634. The van der Waals surface area contributed by atoms with Gasteiger partial charge in [-0.2, -0.15) is 0 Å². The normalized spacial score (nSPS) is 29.2. The second kappa shape index (κ2) is 24.5. The predicted molar refractivity (Wildman–Crippen MR) is 198 cm³/mol.